The van der Waals surface area contributed by atoms with Crippen LogP contribution >= 0.6 is 0 Å². The molecule has 1 aromatic carbocycles. The van der Waals surface area contributed by atoms with E-state index < -0.39 is 17.7 Å². The summed E-state index contributed by atoms with van der Waals surface area (Å²) in [6, 6.07) is 4.12. The van der Waals surface area contributed by atoms with Crippen molar-refractivity contribution in [2.45, 2.75) is 20.3 Å². The number of rotatable bonds is 7. The Labute approximate surface area is 117 Å². The van der Waals surface area contributed by atoms with E-state index in [9.17, 15) is 14.0 Å². The van der Waals surface area contributed by atoms with Crippen molar-refractivity contribution in [1.29, 1.82) is 0 Å². The monoisotopic (exact) mass is 282 g/mol. The van der Waals surface area contributed by atoms with E-state index in [2.05, 4.69) is 5.32 Å². The second-order valence-electron chi connectivity index (χ2n) is 4.27. The Balaban J connectivity index is 2.84. The molecule has 0 bridgehead atoms. The summed E-state index contributed by atoms with van der Waals surface area (Å²) in [6.45, 7) is 5.33. The van der Waals surface area contributed by atoms with Crippen LogP contribution in [0.3, 0.4) is 0 Å². The molecule has 5 nitrogen and oxygen atoms in total. The third-order valence-corrected chi connectivity index (χ3v) is 2.90. The molecule has 0 aliphatic rings. The number of carboxylic acid groups (broad SMARTS) is 1. The topological polar surface area (TPSA) is 69.6 Å². The molecule has 0 fully saturated rings. The van der Waals surface area contributed by atoms with Crippen LogP contribution < -0.4 is 10.2 Å². The van der Waals surface area contributed by atoms with Gasteiger partial charge in [-0.05, 0) is 32.0 Å². The van der Waals surface area contributed by atoms with Gasteiger partial charge in [0.2, 0.25) is 0 Å². The first kappa shape index (κ1) is 15.9. The van der Waals surface area contributed by atoms with Crippen LogP contribution in [0.15, 0.2) is 18.2 Å². The number of amides is 1. The molecule has 1 amide bonds. The SMILES string of the molecule is CCN(CC)c1cc(F)cc(C(=O)NCCC(=O)O)c1. The normalized spacial score (nSPS) is 10.2. The van der Waals surface area contributed by atoms with Gasteiger partial charge in [0.25, 0.3) is 5.91 Å². The third-order valence-electron chi connectivity index (χ3n) is 2.90. The third kappa shape index (κ3) is 4.53. The van der Waals surface area contributed by atoms with Crippen molar-refractivity contribution < 1.29 is 19.1 Å². The van der Waals surface area contributed by atoms with Gasteiger partial charge in [0.15, 0.2) is 0 Å². The van der Waals surface area contributed by atoms with E-state index >= 15 is 0 Å². The molecule has 1 rings (SSSR count). The van der Waals surface area contributed by atoms with E-state index in [1.54, 1.807) is 6.07 Å². The van der Waals surface area contributed by atoms with E-state index in [1.807, 2.05) is 18.7 Å². The summed E-state index contributed by atoms with van der Waals surface area (Å²) in [5.41, 5.74) is 0.829. The van der Waals surface area contributed by atoms with E-state index in [-0.39, 0.29) is 18.5 Å². The zero-order valence-electron chi connectivity index (χ0n) is 11.6. The zero-order valence-corrected chi connectivity index (χ0v) is 11.6. The molecule has 0 spiro atoms. The van der Waals surface area contributed by atoms with Crippen LogP contribution in [-0.4, -0.2) is 36.6 Å². The highest BCUT2D eigenvalue weighted by Gasteiger charge is 2.11. The van der Waals surface area contributed by atoms with Gasteiger partial charge in [0, 0.05) is 30.9 Å². The lowest BCUT2D eigenvalue weighted by Crippen LogP contribution is -2.27. The lowest BCUT2D eigenvalue weighted by atomic mass is 10.1. The average molecular weight is 282 g/mol. The standard InChI is InChI=1S/C14H19FN2O3/c1-3-17(4-2)12-8-10(7-11(15)9-12)14(20)16-6-5-13(18)19/h7-9H,3-6H2,1-2H3,(H,16,20)(H,18,19). The molecule has 20 heavy (non-hydrogen) atoms. The van der Waals surface area contributed by atoms with Crippen molar-refractivity contribution in [3.63, 3.8) is 0 Å². The molecule has 0 atom stereocenters. The van der Waals surface area contributed by atoms with Crippen LogP contribution in [0, 0.1) is 5.82 Å². The van der Waals surface area contributed by atoms with Crippen molar-refractivity contribution in [3.8, 4) is 0 Å². The smallest absolute Gasteiger partial charge is 0.305 e. The number of aliphatic carboxylic acids is 1. The maximum atomic E-state index is 13.6. The first-order valence-corrected chi connectivity index (χ1v) is 6.53. The molecule has 6 heteroatoms. The maximum absolute atomic E-state index is 13.6. The second-order valence-corrected chi connectivity index (χ2v) is 4.27. The van der Waals surface area contributed by atoms with Crippen molar-refractivity contribution in [2.75, 3.05) is 24.5 Å². The minimum atomic E-state index is -0.992. The largest absolute Gasteiger partial charge is 0.481 e. The van der Waals surface area contributed by atoms with E-state index in [1.165, 1.54) is 6.07 Å². The van der Waals surface area contributed by atoms with Gasteiger partial charge in [-0.15, -0.1) is 0 Å². The summed E-state index contributed by atoms with van der Waals surface area (Å²) < 4.78 is 13.6. The number of carbonyl (C=O) groups is 2. The number of carbonyl (C=O) groups excluding carboxylic acids is 1. The molecule has 110 valence electrons. The van der Waals surface area contributed by atoms with Gasteiger partial charge in [-0.1, -0.05) is 0 Å². The molecule has 0 aliphatic carbocycles. The van der Waals surface area contributed by atoms with Crippen LogP contribution in [0.1, 0.15) is 30.6 Å². The number of halogens is 1. The molecule has 0 saturated carbocycles. The average Bonchev–Trinajstić information content (AvgIpc) is 2.39. The highest BCUT2D eigenvalue weighted by atomic mass is 19.1. The lowest BCUT2D eigenvalue weighted by Gasteiger charge is -2.21. The first-order chi connectivity index (χ1) is 9.47. The van der Waals surface area contributed by atoms with Gasteiger partial charge in [-0.2, -0.15) is 0 Å². The predicted octanol–water partition coefficient (Wildman–Crippen LogP) is 1.88. The zero-order chi connectivity index (χ0) is 15.1. The number of benzene rings is 1. The second kappa shape index (κ2) is 7.47. The fourth-order valence-electron chi connectivity index (χ4n) is 1.86. The number of carboxylic acids is 1. The Morgan fingerprint density at radius 2 is 1.90 bits per heavy atom. The molecule has 0 unspecified atom stereocenters. The van der Waals surface area contributed by atoms with Gasteiger partial charge >= 0.3 is 5.97 Å². The summed E-state index contributed by atoms with van der Waals surface area (Å²) in [5.74, 6) is -1.95. The summed E-state index contributed by atoms with van der Waals surface area (Å²) in [4.78, 5) is 24.1. The molecule has 2 N–H and O–H groups in total. The Hall–Kier alpha value is -2.11. The van der Waals surface area contributed by atoms with Crippen molar-refractivity contribution >= 4 is 17.6 Å². The van der Waals surface area contributed by atoms with Crippen molar-refractivity contribution in [2.24, 2.45) is 0 Å². The quantitative estimate of drug-likeness (QED) is 0.801. The molecule has 0 heterocycles. The summed E-state index contributed by atoms with van der Waals surface area (Å²) >= 11 is 0. The summed E-state index contributed by atoms with van der Waals surface area (Å²) in [7, 11) is 0. The molecule has 0 aliphatic heterocycles. The van der Waals surface area contributed by atoms with E-state index in [0.29, 0.717) is 18.8 Å². The highest BCUT2D eigenvalue weighted by Crippen LogP contribution is 2.18. The molecular weight excluding hydrogens is 263 g/mol. The van der Waals surface area contributed by atoms with Crippen molar-refractivity contribution in [1.82, 2.24) is 5.32 Å². The van der Waals surface area contributed by atoms with Gasteiger partial charge in [-0.25, -0.2) is 4.39 Å². The molecule has 1 aromatic rings. The Bertz CT molecular complexity index is 487. The van der Waals surface area contributed by atoms with Gasteiger partial charge in [0.05, 0.1) is 6.42 Å². The molecular formula is C14H19FN2O3. The van der Waals surface area contributed by atoms with Crippen molar-refractivity contribution in [3.05, 3.63) is 29.6 Å². The number of anilines is 1. The minimum Gasteiger partial charge on any atom is -0.481 e. The van der Waals surface area contributed by atoms with Crippen LogP contribution in [0.4, 0.5) is 10.1 Å². The van der Waals surface area contributed by atoms with Gasteiger partial charge in [0.1, 0.15) is 5.82 Å². The van der Waals surface area contributed by atoms with Gasteiger partial charge in [-0.3, -0.25) is 9.59 Å². The summed E-state index contributed by atoms with van der Waals surface area (Å²) in [5, 5.41) is 11.0. The molecule has 0 saturated heterocycles. The fourth-order valence-corrected chi connectivity index (χ4v) is 1.86. The Morgan fingerprint density at radius 3 is 2.45 bits per heavy atom. The van der Waals surface area contributed by atoms with E-state index in [0.717, 1.165) is 6.07 Å². The Morgan fingerprint density at radius 1 is 1.25 bits per heavy atom. The summed E-state index contributed by atoms with van der Waals surface area (Å²) in [6.07, 6.45) is -0.163. The van der Waals surface area contributed by atoms with Crippen LogP contribution in [0.25, 0.3) is 0 Å². The number of nitrogens with zero attached hydrogens (tertiary/aromatic N) is 1. The number of hydrogen-bond acceptors (Lipinski definition) is 3. The van der Waals surface area contributed by atoms with Gasteiger partial charge < -0.3 is 15.3 Å². The molecule has 0 radical (unpaired) electrons. The fraction of sp³-hybridized carbons (Fsp3) is 0.429. The van der Waals surface area contributed by atoms with Crippen LogP contribution in [0.2, 0.25) is 0 Å². The lowest BCUT2D eigenvalue weighted by molar-refractivity contribution is -0.136. The number of nitrogens with one attached hydrogen (secondary N) is 1. The Kier molecular flexibility index (Phi) is 5.96. The van der Waals surface area contributed by atoms with E-state index in [4.69, 9.17) is 5.11 Å². The minimum absolute atomic E-state index is 0.0191. The highest BCUT2D eigenvalue weighted by molar-refractivity contribution is 5.95. The van der Waals surface area contributed by atoms with Crippen LogP contribution in [-0.2, 0) is 4.79 Å². The first-order valence-electron chi connectivity index (χ1n) is 6.53. The maximum Gasteiger partial charge on any atom is 0.305 e. The molecule has 0 aromatic heterocycles. The van der Waals surface area contributed by atoms with Crippen LogP contribution in [0.5, 0.6) is 0 Å². The number of hydrogen-bond donors (Lipinski definition) is 2. The predicted molar refractivity (Wildman–Crippen MR) is 74.5 cm³/mol.